The van der Waals surface area contributed by atoms with E-state index in [4.69, 9.17) is 14.2 Å². The molecule has 0 saturated heterocycles. The second-order valence-corrected chi connectivity index (χ2v) is 21.3. The van der Waals surface area contributed by atoms with Gasteiger partial charge in [-0.05, 0) is 57.8 Å². The maximum Gasteiger partial charge on any atom is 0.306 e. The van der Waals surface area contributed by atoms with Crippen LogP contribution in [0.2, 0.25) is 0 Å². The molecule has 0 aliphatic rings. The Morgan fingerprint density at radius 3 is 0.847 bits per heavy atom. The van der Waals surface area contributed by atoms with Crippen LogP contribution in [-0.4, -0.2) is 37.2 Å². The lowest BCUT2D eigenvalue weighted by Gasteiger charge is -2.18. The third-order valence-electron chi connectivity index (χ3n) is 14.1. The topological polar surface area (TPSA) is 78.9 Å². The SMILES string of the molecule is CC/C=C\C/C=C\C/C=C\C/C=C\CCCCC(=O)OC(COC(=O)CCCCCCCC)COC(=O)CCCCCCCCCCCCCCCCCCCCCCCCCCCCCCCCCCC. The number of hydrogen-bond donors (Lipinski definition) is 0. The summed E-state index contributed by atoms with van der Waals surface area (Å²) in [6, 6.07) is 0. The molecule has 0 aromatic carbocycles. The molecule has 72 heavy (non-hydrogen) atoms. The van der Waals surface area contributed by atoms with Crippen LogP contribution in [0.1, 0.15) is 335 Å². The highest BCUT2D eigenvalue weighted by atomic mass is 16.6. The fourth-order valence-corrected chi connectivity index (χ4v) is 9.38. The van der Waals surface area contributed by atoms with E-state index < -0.39 is 6.10 Å². The van der Waals surface area contributed by atoms with Crippen LogP contribution in [-0.2, 0) is 28.6 Å². The first kappa shape index (κ1) is 69.4. The van der Waals surface area contributed by atoms with Gasteiger partial charge in [0, 0.05) is 19.3 Å². The normalized spacial score (nSPS) is 12.3. The van der Waals surface area contributed by atoms with Gasteiger partial charge in [0.1, 0.15) is 13.2 Å². The van der Waals surface area contributed by atoms with Crippen LogP contribution in [0.3, 0.4) is 0 Å². The number of carbonyl (C=O) groups is 3. The maximum absolute atomic E-state index is 12.8. The molecule has 0 aromatic heterocycles. The van der Waals surface area contributed by atoms with Crippen molar-refractivity contribution in [2.24, 2.45) is 0 Å². The molecule has 0 aromatic rings. The highest BCUT2D eigenvalue weighted by Crippen LogP contribution is 2.18. The van der Waals surface area contributed by atoms with Crippen molar-refractivity contribution in [2.75, 3.05) is 13.2 Å². The Hall–Kier alpha value is -2.63. The fourth-order valence-electron chi connectivity index (χ4n) is 9.38. The van der Waals surface area contributed by atoms with Gasteiger partial charge in [0.15, 0.2) is 6.10 Å². The molecule has 0 aliphatic carbocycles. The van der Waals surface area contributed by atoms with Gasteiger partial charge >= 0.3 is 17.9 Å². The van der Waals surface area contributed by atoms with Crippen LogP contribution in [0.5, 0.6) is 0 Å². The molecule has 0 N–H and O–H groups in total. The summed E-state index contributed by atoms with van der Waals surface area (Å²) in [5.41, 5.74) is 0. The van der Waals surface area contributed by atoms with Gasteiger partial charge in [-0.1, -0.05) is 307 Å². The molecule has 1 atom stereocenters. The van der Waals surface area contributed by atoms with Crippen molar-refractivity contribution in [3.63, 3.8) is 0 Å². The molecule has 0 saturated carbocycles. The number of esters is 3. The zero-order valence-electron chi connectivity index (χ0n) is 48.2. The average molecular weight is 1010 g/mol. The summed E-state index contributed by atoms with van der Waals surface area (Å²) in [5.74, 6) is -0.926. The van der Waals surface area contributed by atoms with Crippen molar-refractivity contribution in [3.8, 4) is 0 Å². The van der Waals surface area contributed by atoms with Gasteiger partial charge in [-0.25, -0.2) is 0 Å². The summed E-state index contributed by atoms with van der Waals surface area (Å²) in [4.78, 5) is 37.9. The molecule has 0 aliphatic heterocycles. The Bertz CT molecular complexity index is 1250. The predicted molar refractivity (Wildman–Crippen MR) is 312 cm³/mol. The molecule has 0 amide bonds. The Morgan fingerprint density at radius 1 is 0.292 bits per heavy atom. The molecule has 0 spiro atoms. The average Bonchev–Trinajstić information content (AvgIpc) is 3.38. The molecule has 0 fully saturated rings. The summed E-state index contributed by atoms with van der Waals surface area (Å²) in [6.07, 6.45) is 76.2. The number of allylic oxidation sites excluding steroid dienone is 8. The van der Waals surface area contributed by atoms with Gasteiger partial charge in [0.05, 0.1) is 0 Å². The predicted octanol–water partition coefficient (Wildman–Crippen LogP) is 21.4. The van der Waals surface area contributed by atoms with Crippen LogP contribution in [0.25, 0.3) is 0 Å². The minimum Gasteiger partial charge on any atom is -0.462 e. The monoisotopic (exact) mass is 1010 g/mol. The van der Waals surface area contributed by atoms with Gasteiger partial charge in [0.2, 0.25) is 0 Å². The zero-order chi connectivity index (χ0) is 52.2. The molecule has 0 rings (SSSR count). The summed E-state index contributed by atoms with van der Waals surface area (Å²) < 4.78 is 16.7. The Morgan fingerprint density at radius 2 is 0.542 bits per heavy atom. The van der Waals surface area contributed by atoms with Crippen LogP contribution in [0.4, 0.5) is 0 Å². The van der Waals surface area contributed by atoms with Crippen LogP contribution >= 0.6 is 0 Å². The highest BCUT2D eigenvalue weighted by molar-refractivity contribution is 5.71. The minimum atomic E-state index is -0.789. The maximum atomic E-state index is 12.8. The van der Waals surface area contributed by atoms with Crippen molar-refractivity contribution >= 4 is 17.9 Å². The molecule has 0 heterocycles. The van der Waals surface area contributed by atoms with E-state index >= 15 is 0 Å². The number of carbonyl (C=O) groups excluding carboxylic acids is 3. The number of ether oxygens (including phenoxy) is 3. The highest BCUT2D eigenvalue weighted by Gasteiger charge is 2.19. The van der Waals surface area contributed by atoms with Crippen LogP contribution in [0, 0.1) is 0 Å². The summed E-state index contributed by atoms with van der Waals surface area (Å²) in [7, 11) is 0. The van der Waals surface area contributed by atoms with Gasteiger partial charge in [-0.3, -0.25) is 14.4 Å². The van der Waals surface area contributed by atoms with Crippen molar-refractivity contribution in [3.05, 3.63) is 48.6 Å². The fraction of sp³-hybridized carbons (Fsp3) is 0.833. The van der Waals surface area contributed by atoms with Gasteiger partial charge < -0.3 is 14.2 Å². The van der Waals surface area contributed by atoms with E-state index in [1.54, 1.807) is 0 Å². The Kier molecular flexibility index (Phi) is 58.7. The quantitative estimate of drug-likeness (QED) is 0.0261. The molecule has 1 unspecified atom stereocenters. The van der Waals surface area contributed by atoms with E-state index in [-0.39, 0.29) is 37.5 Å². The lowest BCUT2D eigenvalue weighted by Crippen LogP contribution is -2.30. The van der Waals surface area contributed by atoms with E-state index in [1.807, 2.05) is 0 Å². The van der Waals surface area contributed by atoms with E-state index in [2.05, 4.69) is 69.4 Å². The van der Waals surface area contributed by atoms with Gasteiger partial charge in [-0.2, -0.15) is 0 Å². The number of hydrogen-bond acceptors (Lipinski definition) is 6. The molecule has 6 heteroatoms. The molecule has 0 radical (unpaired) electrons. The zero-order valence-corrected chi connectivity index (χ0v) is 48.2. The lowest BCUT2D eigenvalue weighted by molar-refractivity contribution is -0.167. The second kappa shape index (κ2) is 60.9. The molecular formula is C66H120O6. The molecular weight excluding hydrogens is 889 g/mol. The summed E-state index contributed by atoms with van der Waals surface area (Å²) in [5, 5.41) is 0. The van der Waals surface area contributed by atoms with Gasteiger partial charge in [-0.15, -0.1) is 0 Å². The first-order chi connectivity index (χ1) is 35.5. The van der Waals surface area contributed by atoms with E-state index in [9.17, 15) is 14.4 Å². The van der Waals surface area contributed by atoms with E-state index in [1.165, 1.54) is 212 Å². The third kappa shape index (κ3) is 58.3. The molecule has 420 valence electrons. The van der Waals surface area contributed by atoms with Crippen LogP contribution < -0.4 is 0 Å². The first-order valence-corrected chi connectivity index (χ1v) is 31.6. The Labute approximate surface area is 448 Å². The van der Waals surface area contributed by atoms with Crippen LogP contribution in [0.15, 0.2) is 48.6 Å². The van der Waals surface area contributed by atoms with E-state index in [0.29, 0.717) is 19.3 Å². The Balaban J connectivity index is 3.93. The second-order valence-electron chi connectivity index (χ2n) is 21.3. The van der Waals surface area contributed by atoms with Crippen molar-refractivity contribution in [1.82, 2.24) is 0 Å². The third-order valence-corrected chi connectivity index (χ3v) is 14.1. The minimum absolute atomic E-state index is 0.0868. The van der Waals surface area contributed by atoms with Crippen molar-refractivity contribution in [1.29, 1.82) is 0 Å². The largest absolute Gasteiger partial charge is 0.462 e. The number of rotatable bonds is 58. The van der Waals surface area contributed by atoms with Gasteiger partial charge in [0.25, 0.3) is 0 Å². The lowest BCUT2D eigenvalue weighted by atomic mass is 10.0. The summed E-state index contributed by atoms with van der Waals surface area (Å²) in [6.45, 7) is 6.47. The van der Waals surface area contributed by atoms with Crippen molar-refractivity contribution in [2.45, 2.75) is 341 Å². The smallest absolute Gasteiger partial charge is 0.306 e. The molecule has 0 bridgehead atoms. The first-order valence-electron chi connectivity index (χ1n) is 31.6. The summed E-state index contributed by atoms with van der Waals surface area (Å²) >= 11 is 0. The number of unbranched alkanes of at least 4 members (excludes halogenated alkanes) is 39. The molecule has 6 nitrogen and oxygen atoms in total. The van der Waals surface area contributed by atoms with E-state index in [0.717, 1.165) is 77.0 Å². The standard InChI is InChI=1S/C66H120O6/c1-4-7-10-13-16-18-20-22-24-25-26-27-28-29-30-31-32-33-34-35-36-37-38-39-40-41-43-44-46-48-50-53-56-59-65(68)71-62-63(61-70-64(67)58-55-52-15-12-9-6-3)72-66(69)60-57-54-51-49-47-45-42-23-21-19-17-14-11-8-5-2/h8,11,17,19,23,42,47,49,63H,4-7,9-10,12-16,18,20-22,24-41,43-46,48,50-62H2,1-3H3/b11-8-,19-17-,42-23-,49-47-. The van der Waals surface area contributed by atoms with Crippen molar-refractivity contribution < 1.29 is 28.6 Å².